The summed E-state index contributed by atoms with van der Waals surface area (Å²) in [7, 11) is 0. The predicted octanol–water partition coefficient (Wildman–Crippen LogP) is 2.12. The molecule has 0 bridgehead atoms. The Morgan fingerprint density at radius 2 is 2.38 bits per heavy atom. The highest BCUT2D eigenvalue weighted by atomic mass is 32.2. The number of carbonyl (C=O) groups excluding carboxylic acids is 1. The molecule has 0 saturated carbocycles. The first-order valence-corrected chi connectivity index (χ1v) is 5.97. The second-order valence-corrected chi connectivity index (χ2v) is 5.30. The maximum atomic E-state index is 11.6. The van der Waals surface area contributed by atoms with Crippen LogP contribution in [0.2, 0.25) is 0 Å². The molecule has 0 N–H and O–H groups in total. The van der Waals surface area contributed by atoms with Gasteiger partial charge < -0.3 is 4.74 Å². The lowest BCUT2D eigenvalue weighted by Gasteiger charge is -2.20. The minimum absolute atomic E-state index is 0.181. The van der Waals surface area contributed by atoms with Gasteiger partial charge in [-0.3, -0.25) is 4.79 Å². The van der Waals surface area contributed by atoms with Crippen molar-refractivity contribution in [1.29, 1.82) is 0 Å². The third kappa shape index (κ3) is 4.14. The van der Waals surface area contributed by atoms with E-state index >= 15 is 0 Å². The number of carbonyl (C=O) groups is 1. The smallest absolute Gasteiger partial charge is 0.148 e. The Morgan fingerprint density at radius 3 is 2.92 bits per heavy atom. The van der Waals surface area contributed by atoms with Crippen molar-refractivity contribution in [2.45, 2.75) is 31.9 Å². The summed E-state index contributed by atoms with van der Waals surface area (Å²) in [6.07, 6.45) is 2.07. The Morgan fingerprint density at radius 1 is 1.62 bits per heavy atom. The first-order chi connectivity index (χ1) is 6.20. The van der Waals surface area contributed by atoms with Crippen LogP contribution in [0.3, 0.4) is 0 Å². The van der Waals surface area contributed by atoms with E-state index in [2.05, 4.69) is 13.8 Å². The van der Waals surface area contributed by atoms with Gasteiger partial charge in [0.1, 0.15) is 5.78 Å². The molecule has 76 valence electrons. The molecule has 1 fully saturated rings. The van der Waals surface area contributed by atoms with E-state index in [4.69, 9.17) is 4.74 Å². The minimum atomic E-state index is 0.181. The summed E-state index contributed by atoms with van der Waals surface area (Å²) in [5.41, 5.74) is 0. The maximum absolute atomic E-state index is 11.6. The second-order valence-electron chi connectivity index (χ2n) is 3.74. The van der Waals surface area contributed by atoms with Crippen LogP contribution in [0.1, 0.15) is 26.7 Å². The Labute approximate surface area is 84.4 Å². The SMILES string of the molecule is CC(C)SCC(=O)C1CCCOC1. The summed E-state index contributed by atoms with van der Waals surface area (Å²) in [4.78, 5) is 11.6. The molecule has 13 heavy (non-hydrogen) atoms. The van der Waals surface area contributed by atoms with Crippen LogP contribution in [0.5, 0.6) is 0 Å². The van der Waals surface area contributed by atoms with Crippen LogP contribution in [0.15, 0.2) is 0 Å². The van der Waals surface area contributed by atoms with Gasteiger partial charge in [-0.2, -0.15) is 11.8 Å². The number of Topliss-reactive ketones (excluding diaryl/α,β-unsaturated/α-hetero) is 1. The largest absolute Gasteiger partial charge is 0.381 e. The van der Waals surface area contributed by atoms with Crippen LogP contribution in [-0.4, -0.2) is 30.0 Å². The number of ether oxygens (including phenoxy) is 1. The molecule has 0 spiro atoms. The molecule has 3 heteroatoms. The molecule has 2 nitrogen and oxygen atoms in total. The van der Waals surface area contributed by atoms with Crippen molar-refractivity contribution in [2.75, 3.05) is 19.0 Å². The van der Waals surface area contributed by atoms with Gasteiger partial charge in [-0.15, -0.1) is 0 Å². The monoisotopic (exact) mass is 202 g/mol. The normalized spacial score (nSPS) is 23.5. The second kappa shape index (κ2) is 5.66. The van der Waals surface area contributed by atoms with E-state index in [0.717, 1.165) is 19.4 Å². The average molecular weight is 202 g/mol. The molecule has 1 unspecified atom stereocenters. The average Bonchev–Trinajstić information content (AvgIpc) is 2.15. The van der Waals surface area contributed by atoms with E-state index in [1.807, 2.05) is 0 Å². The summed E-state index contributed by atoms with van der Waals surface area (Å²) in [5, 5.41) is 0.549. The quantitative estimate of drug-likeness (QED) is 0.698. The molecular weight excluding hydrogens is 184 g/mol. The molecule has 0 aromatic carbocycles. The van der Waals surface area contributed by atoms with E-state index in [-0.39, 0.29) is 5.92 Å². The third-order valence-corrected chi connectivity index (χ3v) is 3.29. The number of hydrogen-bond donors (Lipinski definition) is 0. The van der Waals surface area contributed by atoms with Crippen molar-refractivity contribution in [2.24, 2.45) is 5.92 Å². The van der Waals surface area contributed by atoms with Crippen LogP contribution in [0, 0.1) is 5.92 Å². The number of thioether (sulfide) groups is 1. The summed E-state index contributed by atoms with van der Waals surface area (Å²) in [6.45, 7) is 5.73. The highest BCUT2D eigenvalue weighted by Crippen LogP contribution is 2.18. The number of rotatable bonds is 4. The van der Waals surface area contributed by atoms with Crippen LogP contribution in [0.4, 0.5) is 0 Å². The molecular formula is C10H18O2S. The fourth-order valence-corrected chi connectivity index (χ4v) is 2.09. The van der Waals surface area contributed by atoms with Crippen molar-refractivity contribution in [1.82, 2.24) is 0 Å². The van der Waals surface area contributed by atoms with Gasteiger partial charge in [-0.25, -0.2) is 0 Å². The third-order valence-electron chi connectivity index (χ3n) is 2.17. The molecule has 0 radical (unpaired) electrons. The lowest BCUT2D eigenvalue weighted by molar-refractivity contribution is -0.124. The number of hydrogen-bond acceptors (Lipinski definition) is 3. The molecule has 1 aliphatic heterocycles. The molecule has 1 atom stereocenters. The van der Waals surface area contributed by atoms with Gasteiger partial charge in [0.15, 0.2) is 0 Å². The van der Waals surface area contributed by atoms with Crippen LogP contribution >= 0.6 is 11.8 Å². The van der Waals surface area contributed by atoms with Gasteiger partial charge in [0, 0.05) is 12.5 Å². The molecule has 1 rings (SSSR count). The summed E-state index contributed by atoms with van der Waals surface area (Å²) in [6, 6.07) is 0. The van der Waals surface area contributed by atoms with Gasteiger partial charge in [-0.05, 0) is 18.1 Å². The summed E-state index contributed by atoms with van der Waals surface area (Å²) < 4.78 is 5.28. The zero-order valence-corrected chi connectivity index (χ0v) is 9.23. The first kappa shape index (κ1) is 11.1. The van der Waals surface area contributed by atoms with Crippen molar-refractivity contribution >= 4 is 17.5 Å². The van der Waals surface area contributed by atoms with Gasteiger partial charge in [0.05, 0.1) is 12.4 Å². The van der Waals surface area contributed by atoms with Crippen molar-refractivity contribution in [3.8, 4) is 0 Å². The van der Waals surface area contributed by atoms with Crippen molar-refractivity contribution in [3.63, 3.8) is 0 Å². The van der Waals surface area contributed by atoms with Crippen molar-refractivity contribution < 1.29 is 9.53 Å². The van der Waals surface area contributed by atoms with Crippen LogP contribution < -0.4 is 0 Å². The molecule has 1 heterocycles. The molecule has 1 aliphatic rings. The van der Waals surface area contributed by atoms with Crippen molar-refractivity contribution in [3.05, 3.63) is 0 Å². The standard InChI is InChI=1S/C10H18O2S/c1-8(2)13-7-10(11)9-4-3-5-12-6-9/h8-9H,3-7H2,1-2H3. The Bertz CT molecular complexity index is 162. The van der Waals surface area contributed by atoms with Crippen LogP contribution in [0.25, 0.3) is 0 Å². The zero-order valence-electron chi connectivity index (χ0n) is 8.41. The molecule has 0 amide bonds. The van der Waals surface area contributed by atoms with E-state index in [1.165, 1.54) is 0 Å². The van der Waals surface area contributed by atoms with E-state index < -0.39 is 0 Å². The predicted molar refractivity (Wildman–Crippen MR) is 56.1 cm³/mol. The fourth-order valence-electron chi connectivity index (χ4n) is 1.36. The van der Waals surface area contributed by atoms with Gasteiger partial charge in [0.25, 0.3) is 0 Å². The highest BCUT2D eigenvalue weighted by Gasteiger charge is 2.21. The number of ketones is 1. The van der Waals surface area contributed by atoms with E-state index in [1.54, 1.807) is 11.8 Å². The van der Waals surface area contributed by atoms with Gasteiger partial charge in [-0.1, -0.05) is 13.8 Å². The van der Waals surface area contributed by atoms with E-state index in [0.29, 0.717) is 23.4 Å². The Kier molecular flexibility index (Phi) is 4.81. The molecule has 1 saturated heterocycles. The van der Waals surface area contributed by atoms with Gasteiger partial charge >= 0.3 is 0 Å². The lowest BCUT2D eigenvalue weighted by atomic mass is 9.99. The lowest BCUT2D eigenvalue weighted by Crippen LogP contribution is -2.26. The topological polar surface area (TPSA) is 26.3 Å². The molecule has 0 aromatic heterocycles. The molecule has 0 aliphatic carbocycles. The zero-order chi connectivity index (χ0) is 9.68. The van der Waals surface area contributed by atoms with E-state index in [9.17, 15) is 4.79 Å². The van der Waals surface area contributed by atoms with Crippen LogP contribution in [-0.2, 0) is 9.53 Å². The minimum Gasteiger partial charge on any atom is -0.381 e. The summed E-state index contributed by atoms with van der Waals surface area (Å²) in [5.74, 6) is 1.21. The molecule has 0 aromatic rings. The highest BCUT2D eigenvalue weighted by molar-refractivity contribution is 8.00. The maximum Gasteiger partial charge on any atom is 0.148 e. The first-order valence-electron chi connectivity index (χ1n) is 4.92. The Hall–Kier alpha value is -0.0200. The fraction of sp³-hybridized carbons (Fsp3) is 0.900. The summed E-state index contributed by atoms with van der Waals surface area (Å²) >= 11 is 1.73. The Balaban J connectivity index is 2.21. The van der Waals surface area contributed by atoms with Gasteiger partial charge in [0.2, 0.25) is 0 Å².